The summed E-state index contributed by atoms with van der Waals surface area (Å²) in [5.41, 5.74) is 3.82. The fourth-order valence-electron chi connectivity index (χ4n) is 4.13. The minimum absolute atomic E-state index is 0.209. The van der Waals surface area contributed by atoms with E-state index in [-0.39, 0.29) is 5.91 Å². The predicted octanol–water partition coefficient (Wildman–Crippen LogP) is 4.78. The predicted molar refractivity (Wildman–Crippen MR) is 135 cm³/mol. The van der Waals surface area contributed by atoms with E-state index in [1.54, 1.807) is 17.8 Å². The third-order valence-corrected chi connectivity index (χ3v) is 5.85. The topological polar surface area (TPSA) is 88.0 Å². The first-order valence-electron chi connectivity index (χ1n) is 11.4. The molecule has 0 atom stereocenters. The van der Waals surface area contributed by atoms with Gasteiger partial charge in [-0.25, -0.2) is 9.97 Å². The Bertz CT molecular complexity index is 1290. The molecular weight excluding hydrogens is 426 g/mol. The summed E-state index contributed by atoms with van der Waals surface area (Å²) in [4.78, 5) is 24.2. The number of amides is 1. The molecule has 172 valence electrons. The molecule has 0 radical (unpaired) electrons. The summed E-state index contributed by atoms with van der Waals surface area (Å²) in [5, 5.41) is 10.8. The van der Waals surface area contributed by atoms with Crippen LogP contribution in [-0.2, 0) is 7.05 Å². The fraction of sp³-hybridized carbons (Fsp3) is 0.231. The van der Waals surface area contributed by atoms with Gasteiger partial charge in [-0.1, -0.05) is 30.3 Å². The number of aryl methyl sites for hydroxylation is 2. The zero-order valence-electron chi connectivity index (χ0n) is 19.3. The molecule has 1 aliphatic heterocycles. The van der Waals surface area contributed by atoms with E-state index in [4.69, 9.17) is 0 Å². The molecule has 0 saturated carbocycles. The van der Waals surface area contributed by atoms with Gasteiger partial charge in [0.2, 0.25) is 0 Å². The molecule has 0 unspecified atom stereocenters. The molecule has 1 saturated heterocycles. The van der Waals surface area contributed by atoms with Crippen molar-refractivity contribution in [3.05, 3.63) is 78.2 Å². The van der Waals surface area contributed by atoms with Gasteiger partial charge in [0.05, 0.1) is 5.69 Å². The molecule has 5 rings (SSSR count). The second-order valence-electron chi connectivity index (χ2n) is 8.41. The molecule has 34 heavy (non-hydrogen) atoms. The maximum absolute atomic E-state index is 12.8. The number of aromatic nitrogens is 4. The van der Waals surface area contributed by atoms with E-state index in [2.05, 4.69) is 30.6 Å². The molecule has 1 amide bonds. The van der Waals surface area contributed by atoms with Crippen molar-refractivity contribution in [1.29, 1.82) is 0 Å². The zero-order valence-corrected chi connectivity index (χ0v) is 19.3. The van der Waals surface area contributed by atoms with Gasteiger partial charge in [0.15, 0.2) is 0 Å². The molecule has 4 aromatic rings. The second-order valence-corrected chi connectivity index (χ2v) is 8.41. The first kappa shape index (κ1) is 21.6. The molecule has 1 aliphatic rings. The van der Waals surface area contributed by atoms with Gasteiger partial charge in [0, 0.05) is 43.1 Å². The van der Waals surface area contributed by atoms with E-state index < -0.39 is 0 Å². The summed E-state index contributed by atoms with van der Waals surface area (Å²) >= 11 is 0. The van der Waals surface area contributed by atoms with Gasteiger partial charge in [-0.15, -0.1) is 0 Å². The molecule has 0 bridgehead atoms. The number of carbonyl (C=O) groups excluding carboxylic acids is 1. The van der Waals surface area contributed by atoms with E-state index in [1.807, 2.05) is 67.6 Å². The highest BCUT2D eigenvalue weighted by Crippen LogP contribution is 2.24. The van der Waals surface area contributed by atoms with Crippen LogP contribution in [0.3, 0.4) is 0 Å². The summed E-state index contributed by atoms with van der Waals surface area (Å²) in [5.74, 6) is 2.25. The van der Waals surface area contributed by atoms with Crippen LogP contribution in [0.2, 0.25) is 0 Å². The largest absolute Gasteiger partial charge is 0.356 e. The standard InChI is InChI=1S/C26H27N7O/c1-18-27-24(17-25(28-18)33-14-6-7-15-33)29-20-10-12-21(13-11-20)30-26(34)23-16-22(31-32(23)2)19-8-4-3-5-9-19/h3-5,8-13,16-17H,6-7,14-15H2,1-2H3,(H,30,34)(H,27,28,29). The summed E-state index contributed by atoms with van der Waals surface area (Å²) in [6.07, 6.45) is 2.40. The molecular formula is C26H27N7O. The van der Waals surface area contributed by atoms with Crippen molar-refractivity contribution >= 4 is 28.9 Å². The van der Waals surface area contributed by atoms with Gasteiger partial charge in [-0.3, -0.25) is 9.48 Å². The highest BCUT2D eigenvalue weighted by molar-refractivity contribution is 6.03. The number of anilines is 4. The van der Waals surface area contributed by atoms with Gasteiger partial charge in [-0.05, 0) is 50.1 Å². The number of nitrogens with one attached hydrogen (secondary N) is 2. The number of nitrogens with zero attached hydrogens (tertiary/aromatic N) is 5. The molecule has 8 nitrogen and oxygen atoms in total. The monoisotopic (exact) mass is 453 g/mol. The SMILES string of the molecule is Cc1nc(Nc2ccc(NC(=O)c3cc(-c4ccccc4)nn3C)cc2)cc(N2CCCC2)n1. The first-order valence-corrected chi connectivity index (χ1v) is 11.4. The van der Waals surface area contributed by atoms with Crippen molar-refractivity contribution in [2.75, 3.05) is 28.6 Å². The summed E-state index contributed by atoms with van der Waals surface area (Å²) < 4.78 is 1.60. The van der Waals surface area contributed by atoms with Crippen molar-refractivity contribution in [3.8, 4) is 11.3 Å². The number of benzene rings is 2. The quantitative estimate of drug-likeness (QED) is 0.437. The van der Waals surface area contributed by atoms with E-state index in [1.165, 1.54) is 12.8 Å². The van der Waals surface area contributed by atoms with Crippen molar-refractivity contribution in [1.82, 2.24) is 19.7 Å². The minimum atomic E-state index is -0.209. The molecule has 8 heteroatoms. The Hall–Kier alpha value is -4.20. The Labute approximate surface area is 198 Å². The fourth-order valence-corrected chi connectivity index (χ4v) is 4.13. The Balaban J connectivity index is 1.26. The van der Waals surface area contributed by atoms with Crippen LogP contribution in [0.15, 0.2) is 66.7 Å². The average Bonchev–Trinajstić information content (AvgIpc) is 3.51. The zero-order chi connectivity index (χ0) is 23.5. The van der Waals surface area contributed by atoms with Gasteiger partial charge in [0.25, 0.3) is 5.91 Å². The lowest BCUT2D eigenvalue weighted by Crippen LogP contribution is -2.19. The second kappa shape index (κ2) is 9.35. The normalized spacial score (nSPS) is 13.2. The average molecular weight is 454 g/mol. The Morgan fingerprint density at radius 3 is 2.35 bits per heavy atom. The Morgan fingerprint density at radius 1 is 0.912 bits per heavy atom. The van der Waals surface area contributed by atoms with Crippen LogP contribution in [0.25, 0.3) is 11.3 Å². The molecule has 1 fully saturated rings. The van der Waals surface area contributed by atoms with Crippen LogP contribution < -0.4 is 15.5 Å². The molecule has 2 N–H and O–H groups in total. The number of rotatable bonds is 6. The summed E-state index contributed by atoms with van der Waals surface area (Å²) in [6.45, 7) is 3.98. The third kappa shape index (κ3) is 4.76. The highest BCUT2D eigenvalue weighted by Gasteiger charge is 2.16. The maximum Gasteiger partial charge on any atom is 0.273 e. The molecule has 3 heterocycles. The van der Waals surface area contributed by atoms with Crippen LogP contribution >= 0.6 is 0 Å². The maximum atomic E-state index is 12.8. The van der Waals surface area contributed by atoms with Gasteiger partial charge >= 0.3 is 0 Å². The van der Waals surface area contributed by atoms with Crippen LogP contribution in [0.4, 0.5) is 23.0 Å². The lowest BCUT2D eigenvalue weighted by molar-refractivity contribution is 0.101. The molecule has 0 aliphatic carbocycles. The summed E-state index contributed by atoms with van der Waals surface area (Å²) in [6, 6.07) is 21.2. The number of carbonyl (C=O) groups is 1. The molecule has 2 aromatic heterocycles. The van der Waals surface area contributed by atoms with E-state index in [0.29, 0.717) is 11.4 Å². The number of hydrogen-bond acceptors (Lipinski definition) is 6. The van der Waals surface area contributed by atoms with Crippen LogP contribution in [0, 0.1) is 6.92 Å². The lowest BCUT2D eigenvalue weighted by atomic mass is 10.1. The van der Waals surface area contributed by atoms with Crippen molar-refractivity contribution in [2.24, 2.45) is 7.05 Å². The van der Waals surface area contributed by atoms with Crippen molar-refractivity contribution in [3.63, 3.8) is 0 Å². The summed E-state index contributed by atoms with van der Waals surface area (Å²) in [7, 11) is 1.77. The van der Waals surface area contributed by atoms with Crippen molar-refractivity contribution < 1.29 is 4.79 Å². The van der Waals surface area contributed by atoms with Gasteiger partial charge in [0.1, 0.15) is 23.2 Å². The van der Waals surface area contributed by atoms with E-state index in [9.17, 15) is 4.79 Å². The van der Waals surface area contributed by atoms with Crippen LogP contribution in [0.1, 0.15) is 29.2 Å². The first-order chi connectivity index (χ1) is 16.5. The number of hydrogen-bond donors (Lipinski definition) is 2. The molecule has 0 spiro atoms. The van der Waals surface area contributed by atoms with E-state index >= 15 is 0 Å². The Kier molecular flexibility index (Phi) is 5.95. The minimum Gasteiger partial charge on any atom is -0.356 e. The van der Waals surface area contributed by atoms with Crippen LogP contribution in [0.5, 0.6) is 0 Å². The van der Waals surface area contributed by atoms with Crippen LogP contribution in [-0.4, -0.2) is 38.7 Å². The smallest absolute Gasteiger partial charge is 0.273 e. The lowest BCUT2D eigenvalue weighted by Gasteiger charge is -2.18. The van der Waals surface area contributed by atoms with Gasteiger partial charge in [-0.2, -0.15) is 5.10 Å². The molecule has 2 aromatic carbocycles. The van der Waals surface area contributed by atoms with Crippen molar-refractivity contribution in [2.45, 2.75) is 19.8 Å². The van der Waals surface area contributed by atoms with Gasteiger partial charge < -0.3 is 15.5 Å². The Morgan fingerprint density at radius 2 is 1.62 bits per heavy atom. The van der Waals surface area contributed by atoms with E-state index in [0.717, 1.165) is 47.5 Å². The third-order valence-electron chi connectivity index (χ3n) is 5.85. The highest BCUT2D eigenvalue weighted by atomic mass is 16.2.